The van der Waals surface area contributed by atoms with Gasteiger partial charge in [-0.05, 0) is 43.3 Å². The molecule has 2 aromatic heterocycles. The van der Waals surface area contributed by atoms with Crippen LogP contribution in [0, 0.1) is 0 Å². The largest absolute Gasteiger partial charge is 0.423 e. The Kier molecular flexibility index (Phi) is 3.38. The predicted octanol–water partition coefficient (Wildman–Crippen LogP) is 4.42. The summed E-state index contributed by atoms with van der Waals surface area (Å²) in [6, 6.07) is 11.5. The summed E-state index contributed by atoms with van der Waals surface area (Å²) in [4.78, 5) is 20.4. The highest BCUT2D eigenvalue weighted by molar-refractivity contribution is 9.10. The maximum atomic E-state index is 11.5. The van der Waals surface area contributed by atoms with E-state index in [1.54, 1.807) is 19.1 Å². The molecule has 0 bridgehead atoms. The SMILES string of the molecule is CC(=O)c1ccc2c(c1)nc(Nc1nc3ccc(Br)cc3o1)n2C. The minimum Gasteiger partial charge on any atom is -0.423 e. The van der Waals surface area contributed by atoms with Crippen LogP contribution in [0.3, 0.4) is 0 Å². The van der Waals surface area contributed by atoms with Gasteiger partial charge >= 0.3 is 6.01 Å². The fraction of sp³-hybridized carbons (Fsp3) is 0.118. The van der Waals surface area contributed by atoms with Gasteiger partial charge in [-0.2, -0.15) is 4.98 Å². The molecule has 0 amide bonds. The molecule has 6 nitrogen and oxygen atoms in total. The van der Waals surface area contributed by atoms with Crippen LogP contribution in [0.1, 0.15) is 17.3 Å². The summed E-state index contributed by atoms with van der Waals surface area (Å²) in [5.41, 5.74) is 3.75. The number of nitrogens with one attached hydrogen (secondary N) is 1. The Balaban J connectivity index is 1.75. The van der Waals surface area contributed by atoms with Crippen molar-refractivity contribution in [3.8, 4) is 0 Å². The van der Waals surface area contributed by atoms with Crippen LogP contribution in [0.25, 0.3) is 22.1 Å². The topological polar surface area (TPSA) is 73.0 Å². The van der Waals surface area contributed by atoms with Crippen LogP contribution in [-0.2, 0) is 7.05 Å². The number of hydrogen-bond donors (Lipinski definition) is 1. The van der Waals surface area contributed by atoms with Crippen LogP contribution in [0.2, 0.25) is 0 Å². The molecule has 0 aliphatic heterocycles. The van der Waals surface area contributed by atoms with Crippen molar-refractivity contribution in [3.05, 3.63) is 46.4 Å². The van der Waals surface area contributed by atoms with E-state index in [0.29, 0.717) is 23.1 Å². The number of fused-ring (bicyclic) bond motifs is 2. The lowest BCUT2D eigenvalue weighted by Gasteiger charge is -2.01. The Morgan fingerprint density at radius 3 is 2.79 bits per heavy atom. The van der Waals surface area contributed by atoms with E-state index in [0.717, 1.165) is 21.0 Å². The van der Waals surface area contributed by atoms with Crippen molar-refractivity contribution in [2.45, 2.75) is 6.92 Å². The fourth-order valence-electron chi connectivity index (χ4n) is 2.58. The number of benzene rings is 2. The molecule has 0 spiro atoms. The summed E-state index contributed by atoms with van der Waals surface area (Å²) in [6.45, 7) is 1.54. The monoisotopic (exact) mass is 384 g/mol. The molecule has 0 fully saturated rings. The number of ketones is 1. The van der Waals surface area contributed by atoms with Gasteiger partial charge in [0.15, 0.2) is 11.4 Å². The van der Waals surface area contributed by atoms with E-state index in [9.17, 15) is 4.79 Å². The molecule has 0 saturated carbocycles. The maximum absolute atomic E-state index is 11.5. The second-order valence-corrected chi connectivity index (χ2v) is 6.43. The number of rotatable bonds is 3. The summed E-state index contributed by atoms with van der Waals surface area (Å²) in [6.07, 6.45) is 0. The fourth-order valence-corrected chi connectivity index (χ4v) is 2.92. The number of aryl methyl sites for hydroxylation is 1. The second kappa shape index (κ2) is 5.45. The zero-order chi connectivity index (χ0) is 16.8. The number of Topliss-reactive ketones (excluding diaryl/α,β-unsaturated/α-hetero) is 1. The molecule has 0 unspecified atom stereocenters. The Labute approximate surface area is 145 Å². The van der Waals surface area contributed by atoms with Crippen molar-refractivity contribution in [1.29, 1.82) is 0 Å². The minimum atomic E-state index is 0.0154. The van der Waals surface area contributed by atoms with Gasteiger partial charge in [-0.15, -0.1) is 0 Å². The third-order valence-corrected chi connectivity index (χ3v) is 4.35. The number of anilines is 2. The van der Waals surface area contributed by atoms with Gasteiger partial charge in [0, 0.05) is 17.1 Å². The van der Waals surface area contributed by atoms with Crippen LogP contribution < -0.4 is 5.32 Å². The molecule has 4 aromatic rings. The van der Waals surface area contributed by atoms with Crippen molar-refractivity contribution < 1.29 is 9.21 Å². The molecule has 0 aliphatic carbocycles. The molecule has 0 radical (unpaired) electrons. The van der Waals surface area contributed by atoms with Crippen molar-refractivity contribution in [1.82, 2.24) is 14.5 Å². The van der Waals surface area contributed by atoms with E-state index < -0.39 is 0 Å². The van der Waals surface area contributed by atoms with E-state index >= 15 is 0 Å². The first-order valence-electron chi connectivity index (χ1n) is 7.32. The third-order valence-electron chi connectivity index (χ3n) is 3.86. The lowest BCUT2D eigenvalue weighted by molar-refractivity contribution is 0.101. The van der Waals surface area contributed by atoms with Crippen LogP contribution in [-0.4, -0.2) is 20.3 Å². The van der Waals surface area contributed by atoms with Crippen molar-refractivity contribution in [3.63, 3.8) is 0 Å². The second-order valence-electron chi connectivity index (χ2n) is 5.51. The Hall–Kier alpha value is -2.67. The average molecular weight is 385 g/mol. The standard InChI is InChI=1S/C17H13BrN4O2/c1-9(23)10-3-6-14-13(7-10)19-16(22(14)2)21-17-20-12-5-4-11(18)8-15(12)24-17/h3-8H,1-2H3,(H,19,20,21). The van der Waals surface area contributed by atoms with Crippen LogP contribution in [0.4, 0.5) is 12.0 Å². The summed E-state index contributed by atoms with van der Waals surface area (Å²) in [5, 5.41) is 3.09. The Morgan fingerprint density at radius 2 is 2.00 bits per heavy atom. The molecule has 4 rings (SSSR count). The van der Waals surface area contributed by atoms with Gasteiger partial charge < -0.3 is 8.98 Å². The number of aromatic nitrogens is 3. The summed E-state index contributed by atoms with van der Waals surface area (Å²) >= 11 is 3.41. The number of carbonyl (C=O) groups excluding carboxylic acids is 1. The normalized spacial score (nSPS) is 11.3. The molecular weight excluding hydrogens is 372 g/mol. The van der Waals surface area contributed by atoms with E-state index in [1.165, 1.54) is 0 Å². The van der Waals surface area contributed by atoms with Crippen LogP contribution in [0.15, 0.2) is 45.3 Å². The Morgan fingerprint density at radius 1 is 1.17 bits per heavy atom. The lowest BCUT2D eigenvalue weighted by Crippen LogP contribution is -1.99. The van der Waals surface area contributed by atoms with Crippen molar-refractivity contribution >= 4 is 55.8 Å². The van der Waals surface area contributed by atoms with Crippen LogP contribution >= 0.6 is 15.9 Å². The van der Waals surface area contributed by atoms with Gasteiger partial charge in [-0.1, -0.05) is 15.9 Å². The van der Waals surface area contributed by atoms with Gasteiger partial charge in [-0.3, -0.25) is 10.1 Å². The summed E-state index contributed by atoms with van der Waals surface area (Å²) < 4.78 is 8.53. The maximum Gasteiger partial charge on any atom is 0.302 e. The number of imidazole rings is 1. The number of halogens is 1. The highest BCUT2D eigenvalue weighted by atomic mass is 79.9. The third kappa shape index (κ3) is 2.46. The first kappa shape index (κ1) is 14.9. The molecule has 7 heteroatoms. The molecule has 120 valence electrons. The smallest absolute Gasteiger partial charge is 0.302 e. The van der Waals surface area contributed by atoms with Gasteiger partial charge in [0.25, 0.3) is 0 Å². The zero-order valence-electron chi connectivity index (χ0n) is 13.0. The molecule has 0 aliphatic rings. The minimum absolute atomic E-state index is 0.0154. The molecular formula is C17H13BrN4O2. The van der Waals surface area contributed by atoms with Crippen molar-refractivity contribution in [2.24, 2.45) is 7.05 Å². The number of carbonyl (C=O) groups is 1. The molecule has 1 N–H and O–H groups in total. The summed E-state index contributed by atoms with van der Waals surface area (Å²) in [5.74, 6) is 0.609. The molecule has 0 saturated heterocycles. The first-order valence-corrected chi connectivity index (χ1v) is 8.11. The highest BCUT2D eigenvalue weighted by Gasteiger charge is 2.13. The van der Waals surface area contributed by atoms with E-state index in [4.69, 9.17) is 4.42 Å². The molecule has 0 atom stereocenters. The molecule has 2 heterocycles. The van der Waals surface area contributed by atoms with Gasteiger partial charge in [0.1, 0.15) is 5.52 Å². The van der Waals surface area contributed by atoms with Crippen molar-refractivity contribution in [2.75, 3.05) is 5.32 Å². The quantitative estimate of drug-likeness (QED) is 0.529. The van der Waals surface area contributed by atoms with E-state index in [-0.39, 0.29) is 5.78 Å². The van der Waals surface area contributed by atoms with E-state index in [2.05, 4.69) is 31.2 Å². The number of nitrogens with zero attached hydrogens (tertiary/aromatic N) is 3. The average Bonchev–Trinajstić information content (AvgIpc) is 3.08. The molecule has 24 heavy (non-hydrogen) atoms. The van der Waals surface area contributed by atoms with Gasteiger partial charge in [-0.25, -0.2) is 4.98 Å². The predicted molar refractivity (Wildman–Crippen MR) is 95.7 cm³/mol. The van der Waals surface area contributed by atoms with E-state index in [1.807, 2.05) is 35.9 Å². The lowest BCUT2D eigenvalue weighted by atomic mass is 10.1. The van der Waals surface area contributed by atoms with Gasteiger partial charge in [0.2, 0.25) is 5.95 Å². The highest BCUT2D eigenvalue weighted by Crippen LogP contribution is 2.26. The number of oxazole rings is 1. The number of hydrogen-bond acceptors (Lipinski definition) is 5. The summed E-state index contributed by atoms with van der Waals surface area (Å²) in [7, 11) is 1.89. The zero-order valence-corrected chi connectivity index (χ0v) is 14.6. The van der Waals surface area contributed by atoms with Crippen LogP contribution in [0.5, 0.6) is 0 Å². The molecule has 2 aromatic carbocycles. The van der Waals surface area contributed by atoms with Gasteiger partial charge in [0.05, 0.1) is 11.0 Å². The first-order chi connectivity index (χ1) is 11.5. The Bertz CT molecular complexity index is 1100.